The van der Waals surface area contributed by atoms with Crippen molar-refractivity contribution in [2.45, 2.75) is 45.6 Å². The number of anilines is 1. The fourth-order valence-corrected chi connectivity index (χ4v) is 3.13. The largest absolute Gasteiger partial charge is 0.326 e. The van der Waals surface area contributed by atoms with Gasteiger partial charge in [-0.25, -0.2) is 0 Å². The van der Waals surface area contributed by atoms with Crippen LogP contribution >= 0.6 is 24.8 Å². The van der Waals surface area contributed by atoms with E-state index in [1.54, 1.807) is 6.92 Å². The summed E-state index contributed by atoms with van der Waals surface area (Å²) in [5.41, 5.74) is 2.25. The van der Waals surface area contributed by atoms with Gasteiger partial charge in [-0.1, -0.05) is 38.3 Å². The Kier molecular flexibility index (Phi) is 12.1. The quantitative estimate of drug-likeness (QED) is 0.707. The highest BCUT2D eigenvalue weighted by Gasteiger charge is 2.21. The lowest BCUT2D eigenvalue weighted by Crippen LogP contribution is -2.45. The van der Waals surface area contributed by atoms with E-state index in [-0.39, 0.29) is 30.7 Å². The predicted molar refractivity (Wildman–Crippen MR) is 107 cm³/mol. The van der Waals surface area contributed by atoms with Gasteiger partial charge in [0.25, 0.3) is 0 Å². The average molecular weight is 376 g/mol. The molecule has 0 spiro atoms. The molecule has 1 aromatic rings. The molecule has 1 amide bonds. The molecule has 2 rings (SSSR count). The topological polar surface area (TPSA) is 44.4 Å². The second-order valence-corrected chi connectivity index (χ2v) is 6.10. The maximum absolute atomic E-state index is 11.1. The summed E-state index contributed by atoms with van der Waals surface area (Å²) >= 11 is 0. The van der Waals surface area contributed by atoms with E-state index in [0.29, 0.717) is 6.04 Å². The van der Waals surface area contributed by atoms with Crippen LogP contribution < -0.4 is 10.6 Å². The lowest BCUT2D eigenvalue weighted by molar-refractivity contribution is -0.114. The van der Waals surface area contributed by atoms with Crippen molar-refractivity contribution in [3.63, 3.8) is 0 Å². The predicted octanol–water partition coefficient (Wildman–Crippen LogP) is 4.02. The first-order valence-electron chi connectivity index (χ1n) is 8.53. The number of unbranched alkanes of at least 4 members (excludes halogenated alkanes) is 2. The number of halogens is 2. The molecule has 4 nitrogen and oxygen atoms in total. The molecular weight excluding hydrogens is 345 g/mol. The van der Waals surface area contributed by atoms with Crippen LogP contribution in [0.5, 0.6) is 0 Å². The van der Waals surface area contributed by atoms with Gasteiger partial charge < -0.3 is 10.6 Å². The van der Waals surface area contributed by atoms with Crippen LogP contribution in [0.3, 0.4) is 0 Å². The molecule has 1 heterocycles. The number of rotatable bonds is 7. The van der Waals surface area contributed by atoms with Crippen LogP contribution in [-0.4, -0.2) is 37.0 Å². The number of hydrogen-bond donors (Lipinski definition) is 2. The summed E-state index contributed by atoms with van der Waals surface area (Å²) in [6.45, 7) is 8.18. The summed E-state index contributed by atoms with van der Waals surface area (Å²) in [5, 5.41) is 6.27. The maximum atomic E-state index is 11.1. The van der Waals surface area contributed by atoms with E-state index < -0.39 is 0 Å². The van der Waals surface area contributed by atoms with Gasteiger partial charge in [0, 0.05) is 44.8 Å². The summed E-state index contributed by atoms with van der Waals surface area (Å²) in [5.74, 6) is -0.0191. The van der Waals surface area contributed by atoms with Crippen LogP contribution in [0.15, 0.2) is 24.3 Å². The van der Waals surface area contributed by atoms with Crippen molar-refractivity contribution < 1.29 is 4.79 Å². The van der Waals surface area contributed by atoms with Gasteiger partial charge in [-0.3, -0.25) is 9.69 Å². The Balaban J connectivity index is 0.00000264. The summed E-state index contributed by atoms with van der Waals surface area (Å²) in [6.07, 6.45) is 5.05. The molecule has 1 atom stereocenters. The molecule has 1 aliphatic heterocycles. The van der Waals surface area contributed by atoms with Crippen molar-refractivity contribution in [3.8, 4) is 0 Å². The van der Waals surface area contributed by atoms with Gasteiger partial charge in [0.2, 0.25) is 5.91 Å². The number of nitrogens with zero attached hydrogens (tertiary/aromatic N) is 1. The van der Waals surface area contributed by atoms with E-state index in [0.717, 1.165) is 31.9 Å². The Morgan fingerprint density at radius 1 is 1.17 bits per heavy atom. The fraction of sp³-hybridized carbons (Fsp3) is 0.611. The van der Waals surface area contributed by atoms with Crippen LogP contribution in [0, 0.1) is 0 Å². The van der Waals surface area contributed by atoms with Gasteiger partial charge in [-0.15, -0.1) is 24.8 Å². The first kappa shape index (κ1) is 23.2. The Bertz CT molecular complexity index is 462. The molecule has 0 aromatic heterocycles. The van der Waals surface area contributed by atoms with Crippen LogP contribution in [0.4, 0.5) is 5.69 Å². The number of piperazine rings is 1. The summed E-state index contributed by atoms with van der Waals surface area (Å²) < 4.78 is 0. The molecule has 1 saturated heterocycles. The molecule has 6 heteroatoms. The van der Waals surface area contributed by atoms with Gasteiger partial charge >= 0.3 is 0 Å². The zero-order valence-electron chi connectivity index (χ0n) is 14.7. The number of nitrogens with one attached hydrogen (secondary N) is 2. The van der Waals surface area contributed by atoms with E-state index >= 15 is 0 Å². The van der Waals surface area contributed by atoms with Crippen molar-refractivity contribution >= 4 is 36.4 Å². The molecule has 2 N–H and O–H groups in total. The van der Waals surface area contributed by atoms with Gasteiger partial charge in [0.1, 0.15) is 0 Å². The van der Waals surface area contributed by atoms with Crippen molar-refractivity contribution in [1.82, 2.24) is 10.2 Å². The van der Waals surface area contributed by atoms with E-state index in [9.17, 15) is 4.79 Å². The lowest BCUT2D eigenvalue weighted by Gasteiger charge is -2.35. The smallest absolute Gasteiger partial charge is 0.221 e. The molecule has 138 valence electrons. The fourth-order valence-electron chi connectivity index (χ4n) is 3.13. The lowest BCUT2D eigenvalue weighted by atomic mass is 9.98. The molecule has 0 aliphatic carbocycles. The number of carbonyl (C=O) groups excluding carboxylic acids is 1. The molecule has 0 radical (unpaired) electrons. The van der Waals surface area contributed by atoms with Gasteiger partial charge in [-0.05, 0) is 24.1 Å². The first-order valence-corrected chi connectivity index (χ1v) is 8.53. The molecule has 0 saturated carbocycles. The van der Waals surface area contributed by atoms with E-state index in [4.69, 9.17) is 0 Å². The Hall–Kier alpha value is -0.810. The highest BCUT2D eigenvalue weighted by molar-refractivity contribution is 5.88. The van der Waals surface area contributed by atoms with Gasteiger partial charge in [0.05, 0.1) is 0 Å². The van der Waals surface area contributed by atoms with Gasteiger partial charge in [-0.2, -0.15) is 0 Å². The average Bonchev–Trinajstić information content (AvgIpc) is 2.53. The number of benzene rings is 1. The van der Waals surface area contributed by atoms with Crippen LogP contribution in [-0.2, 0) is 4.79 Å². The second kappa shape index (κ2) is 12.5. The van der Waals surface area contributed by atoms with E-state index in [1.807, 2.05) is 12.1 Å². The standard InChI is InChI=1S/C18H29N3O.2ClH/c1-3-4-5-6-18(21-13-11-19-12-14-21)16-7-9-17(10-8-16)20-15(2)22;;/h7-10,18-19H,3-6,11-14H2,1-2H3,(H,20,22);2*1H/t18-;;/m1../s1. The molecule has 1 aliphatic rings. The van der Waals surface area contributed by atoms with E-state index in [2.05, 4.69) is 34.6 Å². The third-order valence-electron chi connectivity index (χ3n) is 4.29. The minimum absolute atomic E-state index is 0. The molecule has 24 heavy (non-hydrogen) atoms. The Morgan fingerprint density at radius 3 is 2.33 bits per heavy atom. The monoisotopic (exact) mass is 375 g/mol. The molecule has 0 bridgehead atoms. The second-order valence-electron chi connectivity index (χ2n) is 6.10. The van der Waals surface area contributed by atoms with Crippen LogP contribution in [0.1, 0.15) is 51.1 Å². The van der Waals surface area contributed by atoms with Crippen molar-refractivity contribution in [3.05, 3.63) is 29.8 Å². The first-order chi connectivity index (χ1) is 10.7. The third-order valence-corrected chi connectivity index (χ3v) is 4.29. The molecular formula is C18H31Cl2N3O. The highest BCUT2D eigenvalue weighted by Crippen LogP contribution is 2.28. The summed E-state index contributed by atoms with van der Waals surface area (Å²) in [7, 11) is 0. The maximum Gasteiger partial charge on any atom is 0.221 e. The number of carbonyl (C=O) groups is 1. The third kappa shape index (κ3) is 7.39. The van der Waals surface area contributed by atoms with Crippen molar-refractivity contribution in [2.24, 2.45) is 0 Å². The number of amides is 1. The molecule has 1 aromatic carbocycles. The van der Waals surface area contributed by atoms with Crippen molar-refractivity contribution in [1.29, 1.82) is 0 Å². The molecule has 0 unspecified atom stereocenters. The zero-order valence-corrected chi connectivity index (χ0v) is 16.3. The highest BCUT2D eigenvalue weighted by atomic mass is 35.5. The van der Waals surface area contributed by atoms with Gasteiger partial charge in [0.15, 0.2) is 0 Å². The van der Waals surface area contributed by atoms with E-state index in [1.165, 1.54) is 31.2 Å². The zero-order chi connectivity index (χ0) is 15.8. The normalized spacial score (nSPS) is 15.8. The minimum atomic E-state index is -0.0191. The Labute approximate surface area is 158 Å². The van der Waals surface area contributed by atoms with Crippen LogP contribution in [0.25, 0.3) is 0 Å². The Morgan fingerprint density at radius 2 is 1.79 bits per heavy atom. The SMILES string of the molecule is CCCCC[C@H](c1ccc(NC(C)=O)cc1)N1CCNCC1.Cl.Cl. The van der Waals surface area contributed by atoms with Crippen molar-refractivity contribution in [2.75, 3.05) is 31.5 Å². The molecule has 1 fully saturated rings. The summed E-state index contributed by atoms with van der Waals surface area (Å²) in [6, 6.07) is 8.88. The van der Waals surface area contributed by atoms with Crippen LogP contribution in [0.2, 0.25) is 0 Å². The summed E-state index contributed by atoms with van der Waals surface area (Å²) in [4.78, 5) is 13.7. The minimum Gasteiger partial charge on any atom is -0.326 e. The number of hydrogen-bond acceptors (Lipinski definition) is 3.